The number of amides is 1. The monoisotopic (exact) mass is 279 g/mol. The zero-order valence-electron chi connectivity index (χ0n) is 11.2. The van der Waals surface area contributed by atoms with Gasteiger partial charge < -0.3 is 15.4 Å². The molecule has 5 heteroatoms. The fourth-order valence-corrected chi connectivity index (χ4v) is 2.28. The Balaban J connectivity index is 1.75. The number of nitrogens with one attached hydrogen (secondary N) is 2. The molecule has 1 aliphatic heterocycles. The Kier molecular flexibility index (Phi) is 3.44. The first kappa shape index (κ1) is 13.0. The molecule has 0 spiro atoms. The molecule has 0 saturated heterocycles. The zero-order chi connectivity index (χ0) is 14.7. The first-order chi connectivity index (χ1) is 10.3. The summed E-state index contributed by atoms with van der Waals surface area (Å²) in [6.07, 6.45) is 0. The maximum atomic E-state index is 12.0. The summed E-state index contributed by atoms with van der Waals surface area (Å²) in [5.74, 6) is 0.555. The van der Waals surface area contributed by atoms with E-state index in [-0.39, 0.29) is 12.5 Å². The highest BCUT2D eigenvalue weighted by Gasteiger charge is 2.29. The lowest BCUT2D eigenvalue weighted by Gasteiger charge is -2.13. The molecule has 1 atom stereocenters. The van der Waals surface area contributed by atoms with Gasteiger partial charge >= 0.3 is 0 Å². The molecule has 104 valence electrons. The molecule has 3 rings (SSSR count). The molecule has 21 heavy (non-hydrogen) atoms. The molecular weight excluding hydrogens is 266 g/mol. The minimum absolute atomic E-state index is 0.0190. The molecule has 0 bridgehead atoms. The van der Waals surface area contributed by atoms with Crippen LogP contribution in [-0.2, 0) is 4.79 Å². The van der Waals surface area contributed by atoms with Crippen LogP contribution in [-0.4, -0.2) is 12.5 Å². The summed E-state index contributed by atoms with van der Waals surface area (Å²) in [5, 5.41) is 14.5. The number of rotatable bonds is 4. The van der Waals surface area contributed by atoms with Crippen LogP contribution in [0.2, 0.25) is 0 Å². The summed E-state index contributed by atoms with van der Waals surface area (Å²) in [6, 6.07) is 16.3. The number of carbonyl (C=O) groups is 1. The van der Waals surface area contributed by atoms with E-state index >= 15 is 0 Å². The largest absolute Gasteiger partial charge is 0.479 e. The average Bonchev–Trinajstić information content (AvgIpc) is 2.83. The van der Waals surface area contributed by atoms with Crippen molar-refractivity contribution in [3.05, 3.63) is 54.1 Å². The Morgan fingerprint density at radius 2 is 1.95 bits per heavy atom. The van der Waals surface area contributed by atoms with E-state index in [1.807, 2.05) is 42.5 Å². The van der Waals surface area contributed by atoms with Gasteiger partial charge in [0, 0.05) is 16.9 Å². The third kappa shape index (κ3) is 2.65. The van der Waals surface area contributed by atoms with Crippen molar-refractivity contribution in [1.29, 1.82) is 5.26 Å². The Labute approximate surface area is 122 Å². The molecule has 0 aliphatic carbocycles. The van der Waals surface area contributed by atoms with Crippen molar-refractivity contribution in [2.24, 2.45) is 0 Å². The second-order valence-corrected chi connectivity index (χ2v) is 4.63. The second kappa shape index (κ2) is 5.55. The van der Waals surface area contributed by atoms with Gasteiger partial charge in [0.1, 0.15) is 17.9 Å². The normalized spacial score (nSPS) is 15.8. The first-order valence-electron chi connectivity index (χ1n) is 6.54. The number of ether oxygens (including phenoxy) is 1. The Morgan fingerprint density at radius 1 is 1.19 bits per heavy atom. The summed E-state index contributed by atoms with van der Waals surface area (Å²) in [6.45, 7) is 0.0190. The average molecular weight is 279 g/mol. The van der Waals surface area contributed by atoms with Gasteiger partial charge in [-0.3, -0.25) is 4.79 Å². The highest BCUT2D eigenvalue weighted by atomic mass is 16.5. The second-order valence-electron chi connectivity index (χ2n) is 4.63. The van der Waals surface area contributed by atoms with E-state index < -0.39 is 6.04 Å². The molecule has 1 unspecified atom stereocenters. The van der Waals surface area contributed by atoms with E-state index in [1.54, 1.807) is 12.1 Å². The first-order valence-corrected chi connectivity index (χ1v) is 6.54. The van der Waals surface area contributed by atoms with E-state index in [1.165, 1.54) is 0 Å². The molecule has 2 N–H and O–H groups in total. The topological polar surface area (TPSA) is 74.1 Å². The number of anilines is 2. The quantitative estimate of drug-likeness (QED) is 0.902. The van der Waals surface area contributed by atoms with Gasteiger partial charge in [0.25, 0.3) is 5.91 Å². The molecular formula is C16H13N3O2. The van der Waals surface area contributed by atoms with Gasteiger partial charge in [-0.2, -0.15) is 5.26 Å². The highest BCUT2D eigenvalue weighted by Crippen LogP contribution is 2.33. The third-order valence-electron chi connectivity index (χ3n) is 3.26. The predicted molar refractivity (Wildman–Crippen MR) is 79.0 cm³/mol. The number of fused-ring (bicyclic) bond motifs is 1. The summed E-state index contributed by atoms with van der Waals surface area (Å²) in [7, 11) is 0. The maximum absolute atomic E-state index is 12.0. The molecule has 0 aromatic heterocycles. The summed E-state index contributed by atoms with van der Waals surface area (Å²) in [5.41, 5.74) is 2.59. The van der Waals surface area contributed by atoms with Crippen LogP contribution >= 0.6 is 0 Å². The Bertz CT molecular complexity index is 704. The van der Waals surface area contributed by atoms with Crippen LogP contribution in [0.3, 0.4) is 0 Å². The molecule has 5 nitrogen and oxygen atoms in total. The van der Waals surface area contributed by atoms with Crippen molar-refractivity contribution in [2.75, 3.05) is 17.2 Å². The Morgan fingerprint density at radius 3 is 2.71 bits per heavy atom. The maximum Gasteiger partial charge on any atom is 0.251 e. The van der Waals surface area contributed by atoms with Crippen molar-refractivity contribution in [3.8, 4) is 11.8 Å². The van der Waals surface area contributed by atoms with Crippen LogP contribution in [0, 0.1) is 11.3 Å². The van der Waals surface area contributed by atoms with Gasteiger partial charge in [0.2, 0.25) is 0 Å². The van der Waals surface area contributed by atoms with E-state index in [0.29, 0.717) is 5.75 Å². The molecule has 1 amide bonds. The standard InChI is InChI=1S/C16H13N3O2/c17-9-10-21-12-7-5-11(6-8-12)18-15-13-3-1-2-4-14(13)19-16(15)20/h1-8,15,18H,10H2,(H,19,20). The van der Waals surface area contributed by atoms with Crippen LogP contribution in [0.25, 0.3) is 0 Å². The minimum Gasteiger partial charge on any atom is -0.479 e. The van der Waals surface area contributed by atoms with Crippen molar-refractivity contribution in [1.82, 2.24) is 0 Å². The number of hydrogen-bond donors (Lipinski definition) is 2. The number of carbonyl (C=O) groups excluding carboxylic acids is 1. The van der Waals surface area contributed by atoms with Gasteiger partial charge in [0.05, 0.1) is 0 Å². The number of nitriles is 1. The lowest BCUT2D eigenvalue weighted by molar-refractivity contribution is -0.116. The van der Waals surface area contributed by atoms with Crippen LogP contribution in [0.1, 0.15) is 11.6 Å². The van der Waals surface area contributed by atoms with Crippen molar-refractivity contribution in [2.45, 2.75) is 6.04 Å². The number of hydrogen-bond acceptors (Lipinski definition) is 4. The van der Waals surface area contributed by atoms with Crippen LogP contribution in [0.4, 0.5) is 11.4 Å². The van der Waals surface area contributed by atoms with Gasteiger partial charge in [-0.15, -0.1) is 0 Å². The fourth-order valence-electron chi connectivity index (χ4n) is 2.28. The van der Waals surface area contributed by atoms with Gasteiger partial charge in [-0.05, 0) is 30.3 Å². The number of para-hydroxylation sites is 1. The zero-order valence-corrected chi connectivity index (χ0v) is 11.2. The number of nitrogens with zero attached hydrogens (tertiary/aromatic N) is 1. The van der Waals surface area contributed by atoms with E-state index in [0.717, 1.165) is 16.9 Å². The van der Waals surface area contributed by atoms with E-state index in [4.69, 9.17) is 10.00 Å². The molecule has 0 saturated carbocycles. The minimum atomic E-state index is -0.396. The SMILES string of the molecule is N#CCOc1ccc(NC2C(=O)Nc3ccccc32)cc1. The summed E-state index contributed by atoms with van der Waals surface area (Å²) >= 11 is 0. The summed E-state index contributed by atoms with van der Waals surface area (Å²) < 4.78 is 5.19. The molecule has 1 heterocycles. The smallest absolute Gasteiger partial charge is 0.251 e. The van der Waals surface area contributed by atoms with E-state index in [2.05, 4.69) is 10.6 Å². The van der Waals surface area contributed by atoms with Crippen LogP contribution in [0.15, 0.2) is 48.5 Å². The number of benzene rings is 2. The predicted octanol–water partition coefficient (Wildman–Crippen LogP) is 2.69. The third-order valence-corrected chi connectivity index (χ3v) is 3.26. The van der Waals surface area contributed by atoms with Crippen molar-refractivity contribution < 1.29 is 9.53 Å². The molecule has 0 fully saturated rings. The lowest BCUT2D eigenvalue weighted by Crippen LogP contribution is -2.19. The molecule has 2 aromatic carbocycles. The van der Waals surface area contributed by atoms with Crippen molar-refractivity contribution in [3.63, 3.8) is 0 Å². The molecule has 0 radical (unpaired) electrons. The lowest BCUT2D eigenvalue weighted by atomic mass is 10.1. The van der Waals surface area contributed by atoms with Gasteiger partial charge in [-0.25, -0.2) is 0 Å². The van der Waals surface area contributed by atoms with Crippen molar-refractivity contribution >= 4 is 17.3 Å². The van der Waals surface area contributed by atoms with Crippen LogP contribution in [0.5, 0.6) is 5.75 Å². The highest BCUT2D eigenvalue weighted by molar-refractivity contribution is 6.04. The molecule has 2 aromatic rings. The molecule has 1 aliphatic rings. The van der Waals surface area contributed by atoms with Gasteiger partial charge in [0.15, 0.2) is 6.61 Å². The van der Waals surface area contributed by atoms with E-state index in [9.17, 15) is 4.79 Å². The van der Waals surface area contributed by atoms with Crippen LogP contribution < -0.4 is 15.4 Å². The Hall–Kier alpha value is -3.00. The summed E-state index contributed by atoms with van der Waals surface area (Å²) in [4.78, 5) is 12.0. The van der Waals surface area contributed by atoms with Gasteiger partial charge in [-0.1, -0.05) is 18.2 Å². The fraction of sp³-hybridized carbons (Fsp3) is 0.125.